The third-order valence-corrected chi connectivity index (χ3v) is 0.955. The first-order valence-corrected chi connectivity index (χ1v) is 2.45. The summed E-state index contributed by atoms with van der Waals surface area (Å²) in [6.07, 6.45) is 0. The fraction of sp³-hybridized carbons (Fsp3) is 0. The number of nitrogens with zero attached hydrogens (tertiary/aromatic N) is 1. The molecule has 1 aromatic rings. The lowest BCUT2D eigenvalue weighted by Gasteiger charge is -1.87. The van der Waals surface area contributed by atoms with E-state index in [1.165, 1.54) is 24.3 Å². The molecule has 0 saturated carbocycles. The summed E-state index contributed by atoms with van der Waals surface area (Å²) >= 11 is 0. The van der Waals surface area contributed by atoms with Crippen LogP contribution in [0.2, 0.25) is 0 Å². The molecule has 0 spiro atoms. The second-order valence-corrected chi connectivity index (χ2v) is 1.61. The van der Waals surface area contributed by atoms with Crippen LogP contribution >= 0.6 is 0 Å². The molecule has 0 heterocycles. The standard InChI is InChI=1S/C6H5NO2.Mg/c8-6-3-1-5(7-9)2-4-6;/h1-4,8H;. The van der Waals surface area contributed by atoms with Crippen molar-refractivity contribution in [3.05, 3.63) is 29.2 Å². The van der Waals surface area contributed by atoms with Crippen molar-refractivity contribution in [2.45, 2.75) is 0 Å². The number of phenolic OH excluding ortho intramolecular Hbond substituents is 1. The smallest absolute Gasteiger partial charge is 0.115 e. The van der Waals surface area contributed by atoms with Gasteiger partial charge in [0.25, 0.3) is 0 Å². The summed E-state index contributed by atoms with van der Waals surface area (Å²) in [6.45, 7) is 0. The fourth-order valence-electron chi connectivity index (χ4n) is 0.513. The van der Waals surface area contributed by atoms with Crippen molar-refractivity contribution in [1.82, 2.24) is 0 Å². The van der Waals surface area contributed by atoms with E-state index in [9.17, 15) is 4.91 Å². The van der Waals surface area contributed by atoms with E-state index in [1.54, 1.807) is 0 Å². The maximum Gasteiger partial charge on any atom is 0.115 e. The van der Waals surface area contributed by atoms with E-state index in [-0.39, 0.29) is 28.8 Å². The Balaban J connectivity index is 0.000000810. The van der Waals surface area contributed by atoms with Crippen LogP contribution in [0.3, 0.4) is 0 Å². The second-order valence-electron chi connectivity index (χ2n) is 1.61. The summed E-state index contributed by atoms with van der Waals surface area (Å²) in [5.74, 6) is 0.141. The lowest BCUT2D eigenvalue weighted by Crippen LogP contribution is -1.61. The van der Waals surface area contributed by atoms with Crippen molar-refractivity contribution in [2.75, 3.05) is 0 Å². The van der Waals surface area contributed by atoms with E-state index < -0.39 is 0 Å². The molecule has 0 fully saturated rings. The number of benzene rings is 1. The minimum Gasteiger partial charge on any atom is -0.508 e. The Hall–Kier alpha value is -0.614. The van der Waals surface area contributed by atoms with Gasteiger partial charge in [-0.3, -0.25) is 0 Å². The van der Waals surface area contributed by atoms with Gasteiger partial charge in [-0.2, -0.15) is 0 Å². The molecule has 0 aliphatic heterocycles. The van der Waals surface area contributed by atoms with E-state index in [0.717, 1.165) is 0 Å². The molecule has 0 unspecified atom stereocenters. The molecular formula is C6H5MgNO2. The Kier molecular flexibility index (Phi) is 3.98. The fourth-order valence-corrected chi connectivity index (χ4v) is 0.513. The summed E-state index contributed by atoms with van der Waals surface area (Å²) in [7, 11) is 0. The maximum atomic E-state index is 9.79. The van der Waals surface area contributed by atoms with Crippen LogP contribution in [0.15, 0.2) is 29.4 Å². The van der Waals surface area contributed by atoms with Gasteiger partial charge in [-0.05, 0) is 29.4 Å². The summed E-state index contributed by atoms with van der Waals surface area (Å²) in [5.41, 5.74) is 0.327. The monoisotopic (exact) mass is 147 g/mol. The Morgan fingerprint density at radius 1 is 1.20 bits per heavy atom. The van der Waals surface area contributed by atoms with E-state index in [2.05, 4.69) is 5.18 Å². The second kappa shape index (κ2) is 4.24. The SMILES string of the molecule is O=Nc1ccc(O)cc1.[Mg]. The molecule has 48 valence electrons. The number of nitroso groups, excluding NO2 is 1. The van der Waals surface area contributed by atoms with Crippen LogP contribution in [0.5, 0.6) is 5.75 Å². The largest absolute Gasteiger partial charge is 0.508 e. The molecule has 0 atom stereocenters. The topological polar surface area (TPSA) is 49.7 Å². The first kappa shape index (κ1) is 9.39. The van der Waals surface area contributed by atoms with Crippen LogP contribution < -0.4 is 0 Å². The predicted octanol–water partition coefficient (Wildman–Crippen LogP) is 1.41. The lowest BCUT2D eigenvalue weighted by atomic mass is 10.3. The molecule has 1 aromatic carbocycles. The Morgan fingerprint density at radius 3 is 2.10 bits per heavy atom. The molecule has 10 heavy (non-hydrogen) atoms. The number of aromatic hydroxyl groups is 1. The molecule has 1 N–H and O–H groups in total. The summed E-state index contributed by atoms with van der Waals surface area (Å²) in [4.78, 5) is 9.79. The molecule has 0 aliphatic rings. The Morgan fingerprint density at radius 2 is 1.70 bits per heavy atom. The minimum atomic E-state index is 0. The van der Waals surface area contributed by atoms with Crippen LogP contribution in [-0.2, 0) is 0 Å². The quantitative estimate of drug-likeness (QED) is 0.482. The summed E-state index contributed by atoms with van der Waals surface area (Å²) in [5, 5.41) is 11.4. The lowest BCUT2D eigenvalue weighted by molar-refractivity contribution is 0.475. The third-order valence-electron chi connectivity index (χ3n) is 0.955. The van der Waals surface area contributed by atoms with Gasteiger partial charge in [-0.15, -0.1) is 4.91 Å². The van der Waals surface area contributed by atoms with Crippen molar-refractivity contribution in [2.24, 2.45) is 5.18 Å². The molecule has 3 nitrogen and oxygen atoms in total. The van der Waals surface area contributed by atoms with Crippen molar-refractivity contribution < 1.29 is 5.11 Å². The Labute approximate surface area is 74.2 Å². The normalized spacial score (nSPS) is 8.00. The summed E-state index contributed by atoms with van der Waals surface area (Å²) < 4.78 is 0. The maximum absolute atomic E-state index is 9.79. The highest BCUT2D eigenvalue weighted by Crippen LogP contribution is 2.15. The molecule has 0 aliphatic carbocycles. The zero-order valence-electron chi connectivity index (χ0n) is 5.32. The van der Waals surface area contributed by atoms with Gasteiger partial charge in [0.2, 0.25) is 0 Å². The van der Waals surface area contributed by atoms with Crippen molar-refractivity contribution in [3.8, 4) is 5.75 Å². The van der Waals surface area contributed by atoms with Crippen LogP contribution in [0.25, 0.3) is 0 Å². The van der Waals surface area contributed by atoms with E-state index in [4.69, 9.17) is 5.11 Å². The molecular weight excluding hydrogens is 142 g/mol. The molecule has 0 aromatic heterocycles. The summed E-state index contributed by atoms with van der Waals surface area (Å²) in [6, 6.07) is 5.72. The van der Waals surface area contributed by atoms with Gasteiger partial charge in [0.15, 0.2) is 0 Å². The van der Waals surface area contributed by atoms with E-state index in [1.807, 2.05) is 0 Å². The number of hydrogen-bond acceptors (Lipinski definition) is 3. The van der Waals surface area contributed by atoms with Crippen LogP contribution in [0.4, 0.5) is 5.69 Å². The van der Waals surface area contributed by atoms with E-state index in [0.29, 0.717) is 5.69 Å². The Bertz CT molecular complexity index is 209. The number of rotatable bonds is 1. The van der Waals surface area contributed by atoms with Gasteiger partial charge in [0.05, 0.1) is 0 Å². The average molecular weight is 147 g/mol. The molecule has 0 bridgehead atoms. The van der Waals surface area contributed by atoms with Crippen LogP contribution in [-0.4, -0.2) is 28.2 Å². The highest BCUT2D eigenvalue weighted by atomic mass is 24.3. The van der Waals surface area contributed by atoms with Crippen LogP contribution in [0.1, 0.15) is 0 Å². The number of hydrogen-bond donors (Lipinski definition) is 1. The number of phenols is 1. The van der Waals surface area contributed by atoms with Crippen molar-refractivity contribution in [3.63, 3.8) is 0 Å². The minimum absolute atomic E-state index is 0. The molecule has 2 radical (unpaired) electrons. The highest BCUT2D eigenvalue weighted by molar-refractivity contribution is 5.75. The average Bonchev–Trinajstić information content (AvgIpc) is 1.90. The highest BCUT2D eigenvalue weighted by Gasteiger charge is 1.88. The molecule has 0 amide bonds. The third kappa shape index (κ3) is 2.32. The zero-order chi connectivity index (χ0) is 6.69. The molecule has 4 heteroatoms. The van der Waals surface area contributed by atoms with Gasteiger partial charge in [0, 0.05) is 23.1 Å². The molecule has 0 saturated heterocycles. The first-order valence-electron chi connectivity index (χ1n) is 2.45. The van der Waals surface area contributed by atoms with Gasteiger partial charge in [-0.25, -0.2) is 0 Å². The van der Waals surface area contributed by atoms with Crippen molar-refractivity contribution >= 4 is 28.7 Å². The van der Waals surface area contributed by atoms with Crippen molar-refractivity contribution in [1.29, 1.82) is 0 Å². The zero-order valence-corrected chi connectivity index (χ0v) is 6.73. The van der Waals surface area contributed by atoms with E-state index >= 15 is 0 Å². The van der Waals surface area contributed by atoms with Gasteiger partial charge >= 0.3 is 0 Å². The van der Waals surface area contributed by atoms with Crippen LogP contribution in [0, 0.1) is 4.91 Å². The van der Waals surface area contributed by atoms with Gasteiger partial charge in [0.1, 0.15) is 11.4 Å². The van der Waals surface area contributed by atoms with Gasteiger partial charge < -0.3 is 5.11 Å². The van der Waals surface area contributed by atoms with Gasteiger partial charge in [-0.1, -0.05) is 0 Å². The first-order chi connectivity index (χ1) is 4.33. The predicted molar refractivity (Wildman–Crippen MR) is 39.3 cm³/mol. The molecule has 1 rings (SSSR count).